The minimum Gasteiger partial charge on any atom is -0.497 e. The fourth-order valence-corrected chi connectivity index (χ4v) is 4.78. The number of nitrogens with zero attached hydrogens (tertiary/aromatic N) is 1. The van der Waals surface area contributed by atoms with Crippen LogP contribution in [-0.2, 0) is 23.0 Å². The van der Waals surface area contributed by atoms with Crippen molar-refractivity contribution in [3.63, 3.8) is 0 Å². The number of amides is 1. The summed E-state index contributed by atoms with van der Waals surface area (Å²) >= 11 is 0. The van der Waals surface area contributed by atoms with Crippen LogP contribution in [0.25, 0.3) is 0 Å². The zero-order valence-electron chi connectivity index (χ0n) is 17.2. The van der Waals surface area contributed by atoms with Gasteiger partial charge < -0.3 is 9.64 Å². The molecule has 0 aliphatic carbocycles. The molecule has 6 nitrogen and oxygen atoms in total. The highest BCUT2D eigenvalue weighted by molar-refractivity contribution is 7.89. The van der Waals surface area contributed by atoms with E-state index in [1.165, 1.54) is 12.1 Å². The molecule has 4 rings (SSSR count). The molecule has 1 N–H and O–H groups in total. The SMILES string of the molecule is COc1ccc2c(c1)CCCN2C(=O)c1cccc(S(=O)(=O)NCc2ccccc2)c1. The van der Waals surface area contributed by atoms with Gasteiger partial charge in [0.05, 0.1) is 12.0 Å². The third kappa shape index (κ3) is 4.62. The Bertz CT molecular complexity index is 1190. The lowest BCUT2D eigenvalue weighted by Crippen LogP contribution is -2.35. The third-order valence-corrected chi connectivity index (χ3v) is 6.75. The van der Waals surface area contributed by atoms with E-state index in [4.69, 9.17) is 4.74 Å². The van der Waals surface area contributed by atoms with E-state index in [-0.39, 0.29) is 17.3 Å². The Hall–Kier alpha value is -3.16. The molecule has 0 spiro atoms. The number of methoxy groups -OCH3 is 1. The third-order valence-electron chi connectivity index (χ3n) is 5.35. The first-order valence-electron chi connectivity index (χ1n) is 10.1. The topological polar surface area (TPSA) is 75.7 Å². The number of ether oxygens (including phenoxy) is 1. The second-order valence-electron chi connectivity index (χ2n) is 7.39. The first-order valence-corrected chi connectivity index (χ1v) is 11.6. The fraction of sp³-hybridized carbons (Fsp3) is 0.208. The van der Waals surface area contributed by atoms with Crippen molar-refractivity contribution in [3.8, 4) is 5.75 Å². The quantitative estimate of drug-likeness (QED) is 0.638. The summed E-state index contributed by atoms with van der Waals surface area (Å²) in [5.41, 5.74) is 3.09. The number of carbonyl (C=O) groups is 1. The molecule has 3 aromatic carbocycles. The predicted molar refractivity (Wildman–Crippen MR) is 120 cm³/mol. The molecule has 0 fully saturated rings. The highest BCUT2D eigenvalue weighted by Gasteiger charge is 2.25. The van der Waals surface area contributed by atoms with E-state index in [0.29, 0.717) is 12.1 Å². The van der Waals surface area contributed by atoms with Crippen molar-refractivity contribution < 1.29 is 17.9 Å². The summed E-state index contributed by atoms with van der Waals surface area (Å²) in [5.74, 6) is 0.539. The van der Waals surface area contributed by atoms with Crippen molar-refractivity contribution in [3.05, 3.63) is 89.5 Å². The summed E-state index contributed by atoms with van der Waals surface area (Å²) in [6.07, 6.45) is 1.71. The molecule has 1 aliphatic heterocycles. The number of benzene rings is 3. The van der Waals surface area contributed by atoms with Gasteiger partial charge in [-0.15, -0.1) is 0 Å². The molecule has 7 heteroatoms. The number of nitrogens with one attached hydrogen (secondary N) is 1. The second-order valence-corrected chi connectivity index (χ2v) is 9.16. The van der Waals surface area contributed by atoms with Gasteiger partial charge in [-0.05, 0) is 60.4 Å². The number of aryl methyl sites for hydroxylation is 1. The number of carbonyl (C=O) groups excluding carboxylic acids is 1. The van der Waals surface area contributed by atoms with Gasteiger partial charge in [0.2, 0.25) is 10.0 Å². The Labute approximate surface area is 182 Å². The van der Waals surface area contributed by atoms with E-state index < -0.39 is 10.0 Å². The van der Waals surface area contributed by atoms with Gasteiger partial charge in [-0.25, -0.2) is 13.1 Å². The Kier molecular flexibility index (Phi) is 6.06. The van der Waals surface area contributed by atoms with E-state index in [1.807, 2.05) is 48.5 Å². The highest BCUT2D eigenvalue weighted by atomic mass is 32.2. The van der Waals surface area contributed by atoms with E-state index in [9.17, 15) is 13.2 Å². The Morgan fingerprint density at radius 1 is 1.03 bits per heavy atom. The average Bonchev–Trinajstić information content (AvgIpc) is 2.82. The molecule has 1 heterocycles. The Morgan fingerprint density at radius 3 is 2.61 bits per heavy atom. The van der Waals surface area contributed by atoms with Crippen LogP contribution in [0.4, 0.5) is 5.69 Å². The summed E-state index contributed by atoms with van der Waals surface area (Å²) in [6, 6.07) is 21.1. The molecule has 0 unspecified atom stereocenters. The van der Waals surface area contributed by atoms with E-state index in [2.05, 4.69) is 4.72 Å². The van der Waals surface area contributed by atoms with Crippen LogP contribution in [0.3, 0.4) is 0 Å². The van der Waals surface area contributed by atoms with E-state index >= 15 is 0 Å². The maximum absolute atomic E-state index is 13.3. The lowest BCUT2D eigenvalue weighted by atomic mass is 10.0. The van der Waals surface area contributed by atoms with Crippen LogP contribution in [0.1, 0.15) is 27.9 Å². The van der Waals surface area contributed by atoms with Crippen LogP contribution in [0.2, 0.25) is 0 Å². The van der Waals surface area contributed by atoms with Crippen LogP contribution in [0.5, 0.6) is 5.75 Å². The average molecular weight is 437 g/mol. The van der Waals surface area contributed by atoms with Crippen molar-refractivity contribution in [1.29, 1.82) is 0 Å². The van der Waals surface area contributed by atoms with E-state index in [1.54, 1.807) is 24.1 Å². The van der Waals surface area contributed by atoms with E-state index in [0.717, 1.165) is 35.4 Å². The van der Waals surface area contributed by atoms with Crippen molar-refractivity contribution in [2.24, 2.45) is 0 Å². The van der Waals surface area contributed by atoms with Crippen molar-refractivity contribution in [2.45, 2.75) is 24.3 Å². The van der Waals surface area contributed by atoms with Crippen LogP contribution in [0.15, 0.2) is 77.7 Å². The molecule has 0 atom stereocenters. The molecule has 0 aromatic heterocycles. The second kappa shape index (κ2) is 8.91. The zero-order chi connectivity index (χ0) is 21.8. The Morgan fingerprint density at radius 2 is 1.84 bits per heavy atom. The number of rotatable bonds is 6. The molecular weight excluding hydrogens is 412 g/mol. The molecule has 31 heavy (non-hydrogen) atoms. The van der Waals surface area contributed by atoms with Crippen LogP contribution in [0, 0.1) is 0 Å². The van der Waals surface area contributed by atoms with Crippen LogP contribution >= 0.6 is 0 Å². The maximum Gasteiger partial charge on any atom is 0.258 e. The normalized spacial score (nSPS) is 13.5. The Balaban J connectivity index is 1.57. The monoisotopic (exact) mass is 436 g/mol. The van der Waals surface area contributed by atoms with Gasteiger partial charge in [-0.1, -0.05) is 36.4 Å². The predicted octanol–water partition coefficient (Wildman–Crippen LogP) is 3.77. The summed E-state index contributed by atoms with van der Waals surface area (Å²) < 4.78 is 33.4. The summed E-state index contributed by atoms with van der Waals surface area (Å²) in [6.45, 7) is 0.768. The molecule has 3 aromatic rings. The largest absolute Gasteiger partial charge is 0.497 e. The van der Waals surface area contributed by atoms with Gasteiger partial charge in [0.1, 0.15) is 5.75 Å². The summed E-state index contributed by atoms with van der Waals surface area (Å²) in [4.78, 5) is 15.0. The minimum atomic E-state index is -3.75. The minimum absolute atomic E-state index is 0.0706. The molecule has 0 saturated carbocycles. The molecular formula is C24H24N2O4S. The number of hydrogen-bond donors (Lipinski definition) is 1. The van der Waals surface area contributed by atoms with Crippen molar-refractivity contribution in [2.75, 3.05) is 18.6 Å². The number of fused-ring (bicyclic) bond motifs is 1. The van der Waals surface area contributed by atoms with Gasteiger partial charge in [0, 0.05) is 24.3 Å². The summed E-state index contributed by atoms with van der Waals surface area (Å²) in [5, 5.41) is 0. The lowest BCUT2D eigenvalue weighted by molar-refractivity contribution is 0.0985. The van der Waals surface area contributed by atoms with Gasteiger partial charge >= 0.3 is 0 Å². The number of hydrogen-bond acceptors (Lipinski definition) is 4. The van der Waals surface area contributed by atoms with Gasteiger partial charge in [-0.2, -0.15) is 0 Å². The van der Waals surface area contributed by atoms with Gasteiger partial charge in [0.15, 0.2) is 0 Å². The van der Waals surface area contributed by atoms with Crippen LogP contribution < -0.4 is 14.4 Å². The highest BCUT2D eigenvalue weighted by Crippen LogP contribution is 2.31. The number of sulfonamides is 1. The molecule has 1 amide bonds. The number of anilines is 1. The van der Waals surface area contributed by atoms with Gasteiger partial charge in [0.25, 0.3) is 5.91 Å². The smallest absolute Gasteiger partial charge is 0.258 e. The van der Waals surface area contributed by atoms with Gasteiger partial charge in [-0.3, -0.25) is 4.79 Å². The van der Waals surface area contributed by atoms with Crippen molar-refractivity contribution >= 4 is 21.6 Å². The first-order chi connectivity index (χ1) is 15.0. The van der Waals surface area contributed by atoms with Crippen LogP contribution in [-0.4, -0.2) is 28.0 Å². The standard InChI is InChI=1S/C24H24N2O4S/c1-30-21-12-13-23-19(15-21)10-6-14-26(23)24(27)20-9-5-11-22(16-20)31(28,29)25-17-18-7-3-2-4-8-18/h2-5,7-9,11-13,15-16,25H,6,10,14,17H2,1H3. The van der Waals surface area contributed by atoms with Crippen molar-refractivity contribution in [1.82, 2.24) is 4.72 Å². The molecule has 0 bridgehead atoms. The molecule has 160 valence electrons. The maximum atomic E-state index is 13.3. The molecule has 0 saturated heterocycles. The lowest BCUT2D eigenvalue weighted by Gasteiger charge is -2.30. The molecule has 1 aliphatic rings. The molecule has 0 radical (unpaired) electrons. The fourth-order valence-electron chi connectivity index (χ4n) is 3.72. The first kappa shape index (κ1) is 21.1. The zero-order valence-corrected chi connectivity index (χ0v) is 18.1. The summed E-state index contributed by atoms with van der Waals surface area (Å²) in [7, 11) is -2.14.